The maximum atomic E-state index is 13.1. The van der Waals surface area contributed by atoms with Crippen LogP contribution in [0.3, 0.4) is 0 Å². The Morgan fingerprint density at radius 1 is 1.06 bits per heavy atom. The van der Waals surface area contributed by atoms with Gasteiger partial charge in [-0.05, 0) is 48.6 Å². The van der Waals surface area contributed by atoms with E-state index < -0.39 is 11.9 Å². The van der Waals surface area contributed by atoms with Crippen LogP contribution in [0.4, 0.5) is 5.69 Å². The number of nitrogens with zero attached hydrogens (tertiary/aromatic N) is 2. The largest absolute Gasteiger partial charge is 0.426 e. The second kappa shape index (κ2) is 9.13. The van der Waals surface area contributed by atoms with Crippen LogP contribution in [-0.2, 0) is 25.7 Å². The van der Waals surface area contributed by atoms with Crippen LogP contribution < -0.4 is 9.64 Å². The molecule has 0 saturated carbocycles. The number of imide groups is 1. The molecule has 2 aromatic carbocycles. The number of aryl methyl sites for hydroxylation is 1. The van der Waals surface area contributed by atoms with E-state index in [0.29, 0.717) is 36.5 Å². The van der Waals surface area contributed by atoms with E-state index in [1.165, 1.54) is 4.90 Å². The molecular formula is C28H28N2O5. The number of likely N-dealkylation sites (tertiary alicyclic amines) is 1. The van der Waals surface area contributed by atoms with Gasteiger partial charge in [-0.1, -0.05) is 49.4 Å². The van der Waals surface area contributed by atoms with E-state index in [1.807, 2.05) is 49.4 Å². The molecule has 0 unspecified atom stereocenters. The average Bonchev–Trinajstić information content (AvgIpc) is 3.32. The minimum atomic E-state index is -0.537. The quantitative estimate of drug-likeness (QED) is 0.287. The lowest BCUT2D eigenvalue weighted by molar-refractivity contribution is -0.139. The number of esters is 1. The molecule has 1 aliphatic carbocycles. The predicted molar refractivity (Wildman–Crippen MR) is 129 cm³/mol. The number of allylic oxidation sites excluding steroid dienone is 2. The minimum Gasteiger partial charge on any atom is -0.426 e. The molecule has 3 amide bonds. The molecule has 3 aliphatic rings. The number of hydrogen-bond acceptors (Lipinski definition) is 5. The summed E-state index contributed by atoms with van der Waals surface area (Å²) in [6.07, 6.45) is 4.67. The van der Waals surface area contributed by atoms with Crippen LogP contribution in [0.25, 0.3) is 0 Å². The van der Waals surface area contributed by atoms with E-state index in [1.54, 1.807) is 30.0 Å². The first kappa shape index (κ1) is 23.0. The van der Waals surface area contributed by atoms with Crippen LogP contribution in [0.15, 0.2) is 60.7 Å². The number of anilines is 1. The molecule has 0 spiro atoms. The van der Waals surface area contributed by atoms with Crippen LogP contribution in [0.1, 0.15) is 30.9 Å². The van der Waals surface area contributed by atoms with E-state index in [2.05, 4.69) is 0 Å². The fourth-order valence-electron chi connectivity index (χ4n) is 5.41. The van der Waals surface area contributed by atoms with Crippen molar-refractivity contribution in [1.82, 2.24) is 4.90 Å². The molecule has 2 fully saturated rings. The topological polar surface area (TPSA) is 84.0 Å². The van der Waals surface area contributed by atoms with Gasteiger partial charge in [0.25, 0.3) is 0 Å². The van der Waals surface area contributed by atoms with Gasteiger partial charge in [-0.15, -0.1) is 0 Å². The van der Waals surface area contributed by atoms with Gasteiger partial charge in [0.15, 0.2) is 0 Å². The van der Waals surface area contributed by atoms with Gasteiger partial charge in [0.1, 0.15) is 5.75 Å². The highest BCUT2D eigenvalue weighted by Crippen LogP contribution is 2.41. The second-order valence-corrected chi connectivity index (χ2v) is 9.70. The first-order chi connectivity index (χ1) is 16.8. The Morgan fingerprint density at radius 2 is 1.83 bits per heavy atom. The summed E-state index contributed by atoms with van der Waals surface area (Å²) in [5.74, 6) is -1.71. The fourth-order valence-corrected chi connectivity index (χ4v) is 5.41. The third-order valence-corrected chi connectivity index (χ3v) is 7.26. The Balaban J connectivity index is 1.26. The summed E-state index contributed by atoms with van der Waals surface area (Å²) in [5, 5.41) is 0. The van der Waals surface area contributed by atoms with Crippen molar-refractivity contribution < 1.29 is 23.9 Å². The normalized spacial score (nSPS) is 25.8. The van der Waals surface area contributed by atoms with Gasteiger partial charge in [0.2, 0.25) is 17.7 Å². The molecule has 0 radical (unpaired) electrons. The van der Waals surface area contributed by atoms with Crippen molar-refractivity contribution >= 4 is 29.4 Å². The molecule has 0 aromatic heterocycles. The van der Waals surface area contributed by atoms with Crippen molar-refractivity contribution in [3.05, 3.63) is 71.8 Å². The van der Waals surface area contributed by atoms with Crippen LogP contribution in [-0.4, -0.2) is 35.1 Å². The number of rotatable bonds is 5. The molecule has 7 heteroatoms. The number of amides is 3. The van der Waals surface area contributed by atoms with E-state index in [9.17, 15) is 19.2 Å². The highest BCUT2D eigenvalue weighted by atomic mass is 16.5. The van der Waals surface area contributed by atoms with Gasteiger partial charge < -0.3 is 9.64 Å². The average molecular weight is 473 g/mol. The highest BCUT2D eigenvalue weighted by Gasteiger charge is 2.50. The number of carbonyl (C=O) groups excluding carboxylic acids is 4. The van der Waals surface area contributed by atoms with Gasteiger partial charge in [0, 0.05) is 19.5 Å². The lowest BCUT2D eigenvalue weighted by atomic mass is 9.78. The zero-order valence-electron chi connectivity index (χ0n) is 19.8. The van der Waals surface area contributed by atoms with Crippen molar-refractivity contribution in [2.45, 2.75) is 33.2 Å². The number of hydrogen-bond donors (Lipinski definition) is 0. The summed E-state index contributed by atoms with van der Waals surface area (Å²) >= 11 is 0. The first-order valence-electron chi connectivity index (χ1n) is 12.0. The van der Waals surface area contributed by atoms with Gasteiger partial charge in [-0.3, -0.25) is 19.2 Å². The Kier molecular flexibility index (Phi) is 6.01. The maximum Gasteiger partial charge on any atom is 0.316 e. The van der Waals surface area contributed by atoms with Crippen molar-refractivity contribution in [3.63, 3.8) is 0 Å². The molecule has 180 valence electrons. The Bertz CT molecular complexity index is 1220. The molecule has 5 rings (SSSR count). The molecule has 0 N–H and O–H groups in total. The van der Waals surface area contributed by atoms with E-state index in [0.717, 1.165) is 5.56 Å². The summed E-state index contributed by atoms with van der Waals surface area (Å²) in [6, 6.07) is 14.6. The van der Waals surface area contributed by atoms with Gasteiger partial charge in [-0.2, -0.15) is 0 Å². The van der Waals surface area contributed by atoms with E-state index >= 15 is 0 Å². The van der Waals surface area contributed by atoms with Crippen molar-refractivity contribution in [2.75, 3.05) is 11.4 Å². The summed E-state index contributed by atoms with van der Waals surface area (Å²) < 4.78 is 5.59. The number of ether oxygens (including phenoxy) is 1. The predicted octanol–water partition coefficient (Wildman–Crippen LogP) is 3.65. The minimum absolute atomic E-state index is 0.0197. The molecule has 7 nitrogen and oxygen atoms in total. The van der Waals surface area contributed by atoms with Crippen molar-refractivity contribution in [1.29, 1.82) is 0 Å². The molecule has 2 aliphatic heterocycles. The molecule has 2 saturated heterocycles. The number of carbonyl (C=O) groups is 4. The SMILES string of the molecule is Cc1cc(OC(=O)[C@@H]2CC(=O)N(Cc3ccccc3)C2)ccc1N1C(=O)[C@@H]2[C@@H](C)C=CC[C@H]2C1=O. The molecule has 35 heavy (non-hydrogen) atoms. The zero-order chi connectivity index (χ0) is 24.7. The number of benzene rings is 2. The molecular weight excluding hydrogens is 444 g/mol. The van der Waals surface area contributed by atoms with Crippen molar-refractivity contribution in [3.8, 4) is 5.75 Å². The highest BCUT2D eigenvalue weighted by molar-refractivity contribution is 6.22. The summed E-state index contributed by atoms with van der Waals surface area (Å²) in [7, 11) is 0. The van der Waals surface area contributed by atoms with E-state index in [-0.39, 0.29) is 41.9 Å². The van der Waals surface area contributed by atoms with E-state index in [4.69, 9.17) is 4.74 Å². The molecule has 0 bridgehead atoms. The van der Waals surface area contributed by atoms with Gasteiger partial charge in [0.05, 0.1) is 23.4 Å². The molecule has 2 heterocycles. The third-order valence-electron chi connectivity index (χ3n) is 7.26. The third kappa shape index (κ3) is 4.27. The van der Waals surface area contributed by atoms with Crippen molar-refractivity contribution in [2.24, 2.45) is 23.7 Å². The zero-order valence-corrected chi connectivity index (χ0v) is 19.8. The molecule has 4 atom stereocenters. The first-order valence-corrected chi connectivity index (χ1v) is 12.0. The van der Waals surface area contributed by atoms with Crippen LogP contribution in [0.2, 0.25) is 0 Å². The summed E-state index contributed by atoms with van der Waals surface area (Å²) in [4.78, 5) is 54.3. The second-order valence-electron chi connectivity index (χ2n) is 9.70. The van der Waals surface area contributed by atoms with Gasteiger partial charge in [-0.25, -0.2) is 4.90 Å². The Hall–Kier alpha value is -3.74. The smallest absolute Gasteiger partial charge is 0.316 e. The lowest BCUT2D eigenvalue weighted by Gasteiger charge is -2.22. The lowest BCUT2D eigenvalue weighted by Crippen LogP contribution is -2.32. The standard InChI is InChI=1S/C28H28N2O5/c1-17-7-6-10-22-25(17)27(33)30(26(22)32)23-12-11-21(13-18(23)2)35-28(34)20-14-24(31)29(16-20)15-19-8-4-3-5-9-19/h3-9,11-13,17,20,22,25H,10,14-16H2,1-2H3/t17-,20+,22+,25+/m0/s1. The summed E-state index contributed by atoms with van der Waals surface area (Å²) in [6.45, 7) is 4.53. The summed E-state index contributed by atoms with van der Waals surface area (Å²) in [5.41, 5.74) is 2.20. The van der Waals surface area contributed by atoms with Crippen LogP contribution in [0.5, 0.6) is 5.75 Å². The van der Waals surface area contributed by atoms with Crippen LogP contribution in [0, 0.1) is 30.6 Å². The van der Waals surface area contributed by atoms with Crippen LogP contribution >= 0.6 is 0 Å². The maximum absolute atomic E-state index is 13.1. The molecule has 2 aromatic rings. The van der Waals surface area contributed by atoms with Gasteiger partial charge >= 0.3 is 5.97 Å². The Morgan fingerprint density at radius 3 is 2.54 bits per heavy atom. The fraction of sp³-hybridized carbons (Fsp3) is 0.357. The Labute approximate surface area is 204 Å². The number of fused-ring (bicyclic) bond motifs is 1. The monoisotopic (exact) mass is 472 g/mol.